The number of H-pyrrole nitrogens is 1. The number of nitrogens with zero attached hydrogens (tertiary/aromatic N) is 1. The number of hydrogen-bond donors (Lipinski definition) is 1. The van der Waals surface area contributed by atoms with Crippen molar-refractivity contribution in [2.75, 3.05) is 0 Å². The molecule has 1 heterocycles. The zero-order valence-corrected chi connectivity index (χ0v) is 10.5. The van der Waals surface area contributed by atoms with E-state index in [0.717, 1.165) is 17.8 Å². The van der Waals surface area contributed by atoms with E-state index in [9.17, 15) is 0 Å². The maximum atomic E-state index is 4.75. The predicted octanol–water partition coefficient (Wildman–Crippen LogP) is 4.00. The van der Waals surface area contributed by atoms with Gasteiger partial charge in [-0.3, -0.25) is 0 Å². The molecule has 0 radical (unpaired) electrons. The van der Waals surface area contributed by atoms with Crippen molar-refractivity contribution in [2.45, 2.75) is 39.0 Å². The number of aromatic amines is 1. The Morgan fingerprint density at radius 1 is 1.18 bits per heavy atom. The van der Waals surface area contributed by atoms with Crippen LogP contribution >= 0.6 is 0 Å². The summed E-state index contributed by atoms with van der Waals surface area (Å²) in [5.74, 6) is 1.74. The molecule has 1 aromatic heterocycles. The van der Waals surface area contributed by atoms with Gasteiger partial charge in [-0.05, 0) is 56.4 Å². The van der Waals surface area contributed by atoms with Crippen LogP contribution in [-0.2, 0) is 0 Å². The van der Waals surface area contributed by atoms with Crippen LogP contribution in [0.4, 0.5) is 0 Å². The summed E-state index contributed by atoms with van der Waals surface area (Å²) >= 11 is 0. The summed E-state index contributed by atoms with van der Waals surface area (Å²) in [7, 11) is 0. The van der Waals surface area contributed by atoms with E-state index in [1.54, 1.807) is 0 Å². The van der Waals surface area contributed by atoms with Crippen molar-refractivity contribution in [3.8, 4) is 0 Å². The van der Waals surface area contributed by atoms with Crippen LogP contribution in [0, 0.1) is 13.8 Å². The Kier molecular flexibility index (Phi) is 2.50. The molecule has 0 saturated heterocycles. The van der Waals surface area contributed by atoms with Gasteiger partial charge in [0.1, 0.15) is 5.82 Å². The van der Waals surface area contributed by atoms with Crippen molar-refractivity contribution < 1.29 is 0 Å². The molecule has 0 fully saturated rings. The zero-order chi connectivity index (χ0) is 11.8. The Hall–Kier alpha value is -1.57. The van der Waals surface area contributed by atoms with Gasteiger partial charge in [0.05, 0.1) is 11.0 Å². The van der Waals surface area contributed by atoms with Gasteiger partial charge in [0.2, 0.25) is 0 Å². The van der Waals surface area contributed by atoms with E-state index >= 15 is 0 Å². The van der Waals surface area contributed by atoms with Crippen molar-refractivity contribution >= 4 is 11.0 Å². The molecule has 1 unspecified atom stereocenters. The van der Waals surface area contributed by atoms with Crippen molar-refractivity contribution in [3.63, 3.8) is 0 Å². The second kappa shape index (κ2) is 4.02. The van der Waals surface area contributed by atoms with Gasteiger partial charge in [-0.2, -0.15) is 0 Å². The summed E-state index contributed by atoms with van der Waals surface area (Å²) in [6.07, 6.45) is 8.07. The molecule has 2 aromatic rings. The maximum absolute atomic E-state index is 4.75. The van der Waals surface area contributed by atoms with Crippen LogP contribution in [0.1, 0.15) is 42.1 Å². The highest BCUT2D eigenvalue weighted by Gasteiger charge is 2.16. The summed E-state index contributed by atoms with van der Waals surface area (Å²) in [6, 6.07) is 4.39. The molecule has 2 heteroatoms. The minimum absolute atomic E-state index is 0.577. The second-order valence-corrected chi connectivity index (χ2v) is 5.06. The molecular formula is C15H18N2. The van der Waals surface area contributed by atoms with E-state index in [0.29, 0.717) is 5.92 Å². The third kappa shape index (κ3) is 1.88. The summed E-state index contributed by atoms with van der Waals surface area (Å²) in [5.41, 5.74) is 4.94. The third-order valence-corrected chi connectivity index (χ3v) is 3.77. The van der Waals surface area contributed by atoms with Gasteiger partial charge in [-0.25, -0.2) is 4.98 Å². The number of nitrogens with one attached hydrogen (secondary N) is 1. The van der Waals surface area contributed by atoms with Gasteiger partial charge < -0.3 is 4.98 Å². The highest BCUT2D eigenvalue weighted by Crippen LogP contribution is 2.29. The fraction of sp³-hybridized carbons (Fsp3) is 0.400. The lowest BCUT2D eigenvalue weighted by molar-refractivity contribution is 0.590. The topological polar surface area (TPSA) is 28.7 Å². The number of rotatable bonds is 1. The monoisotopic (exact) mass is 226 g/mol. The molecule has 0 amide bonds. The molecule has 2 nitrogen and oxygen atoms in total. The first-order chi connectivity index (χ1) is 8.24. The number of allylic oxidation sites excluding steroid dienone is 2. The largest absolute Gasteiger partial charge is 0.342 e. The smallest absolute Gasteiger partial charge is 0.110 e. The van der Waals surface area contributed by atoms with Gasteiger partial charge in [0.25, 0.3) is 0 Å². The molecular weight excluding hydrogens is 208 g/mol. The van der Waals surface area contributed by atoms with E-state index in [1.807, 2.05) is 0 Å². The number of benzene rings is 1. The van der Waals surface area contributed by atoms with E-state index in [4.69, 9.17) is 4.98 Å². The van der Waals surface area contributed by atoms with Crippen LogP contribution in [0.2, 0.25) is 0 Å². The van der Waals surface area contributed by atoms with Crippen molar-refractivity contribution in [1.29, 1.82) is 0 Å². The Labute approximate surface area is 102 Å². The van der Waals surface area contributed by atoms with Crippen LogP contribution in [-0.4, -0.2) is 9.97 Å². The lowest BCUT2D eigenvalue weighted by Crippen LogP contribution is -2.02. The van der Waals surface area contributed by atoms with E-state index in [-0.39, 0.29) is 0 Å². The molecule has 17 heavy (non-hydrogen) atoms. The van der Waals surface area contributed by atoms with E-state index < -0.39 is 0 Å². The molecule has 0 saturated carbocycles. The van der Waals surface area contributed by atoms with Crippen LogP contribution in [0.15, 0.2) is 24.3 Å². The lowest BCUT2D eigenvalue weighted by atomic mass is 9.94. The van der Waals surface area contributed by atoms with Gasteiger partial charge >= 0.3 is 0 Å². The quantitative estimate of drug-likeness (QED) is 0.731. The fourth-order valence-corrected chi connectivity index (χ4v) is 2.52. The average Bonchev–Trinajstić information content (AvgIpc) is 2.74. The van der Waals surface area contributed by atoms with E-state index in [2.05, 4.69) is 43.1 Å². The molecule has 1 aliphatic rings. The highest BCUT2D eigenvalue weighted by molar-refractivity contribution is 5.77. The van der Waals surface area contributed by atoms with Crippen LogP contribution in [0.25, 0.3) is 11.0 Å². The second-order valence-electron chi connectivity index (χ2n) is 5.06. The molecule has 0 spiro atoms. The van der Waals surface area contributed by atoms with E-state index in [1.165, 1.54) is 29.5 Å². The first-order valence-electron chi connectivity index (χ1n) is 6.36. The fourth-order valence-electron chi connectivity index (χ4n) is 2.52. The normalized spacial score (nSPS) is 20.0. The van der Waals surface area contributed by atoms with Gasteiger partial charge in [0, 0.05) is 5.92 Å². The summed E-state index contributed by atoms with van der Waals surface area (Å²) in [5, 5.41) is 0. The summed E-state index contributed by atoms with van der Waals surface area (Å²) in [6.45, 7) is 4.30. The molecule has 1 N–H and O–H groups in total. The molecule has 1 aliphatic carbocycles. The van der Waals surface area contributed by atoms with Crippen LogP contribution in [0.5, 0.6) is 0 Å². The van der Waals surface area contributed by atoms with Crippen molar-refractivity contribution in [2.24, 2.45) is 0 Å². The molecule has 3 rings (SSSR count). The maximum Gasteiger partial charge on any atom is 0.110 e. The number of fused-ring (bicyclic) bond motifs is 1. The number of hydrogen-bond acceptors (Lipinski definition) is 1. The summed E-state index contributed by atoms with van der Waals surface area (Å²) in [4.78, 5) is 8.24. The Morgan fingerprint density at radius 3 is 2.76 bits per heavy atom. The first kappa shape index (κ1) is 10.6. The number of imidazole rings is 1. The standard InChI is InChI=1S/C15H18N2/c1-10-8-13-14(9-11(10)2)17-15(16-13)12-6-4-3-5-7-12/h3-4,8-9,12H,5-7H2,1-2H3,(H,16,17). The predicted molar refractivity (Wildman–Crippen MR) is 71.3 cm³/mol. The summed E-state index contributed by atoms with van der Waals surface area (Å²) < 4.78 is 0. The SMILES string of the molecule is Cc1cc2nc(C3CC=CCC3)[nH]c2cc1C. The minimum atomic E-state index is 0.577. The van der Waals surface area contributed by atoms with Crippen molar-refractivity contribution in [1.82, 2.24) is 9.97 Å². The average molecular weight is 226 g/mol. The number of aryl methyl sites for hydroxylation is 2. The van der Waals surface area contributed by atoms with Gasteiger partial charge in [-0.15, -0.1) is 0 Å². The highest BCUT2D eigenvalue weighted by atomic mass is 14.9. The van der Waals surface area contributed by atoms with Gasteiger partial charge in [-0.1, -0.05) is 12.2 Å². The molecule has 0 aliphatic heterocycles. The Morgan fingerprint density at radius 2 is 2.00 bits per heavy atom. The molecule has 0 bridgehead atoms. The number of aromatic nitrogens is 2. The third-order valence-electron chi connectivity index (χ3n) is 3.77. The molecule has 88 valence electrons. The Bertz CT molecular complexity index is 539. The molecule has 1 atom stereocenters. The Balaban J connectivity index is 2.04. The van der Waals surface area contributed by atoms with Crippen molar-refractivity contribution in [3.05, 3.63) is 41.2 Å². The van der Waals surface area contributed by atoms with Gasteiger partial charge in [0.15, 0.2) is 0 Å². The minimum Gasteiger partial charge on any atom is -0.342 e. The first-order valence-corrected chi connectivity index (χ1v) is 6.36. The molecule has 1 aromatic carbocycles. The lowest BCUT2D eigenvalue weighted by Gasteiger charge is -2.14. The van der Waals surface area contributed by atoms with Crippen LogP contribution in [0.3, 0.4) is 0 Å². The zero-order valence-electron chi connectivity index (χ0n) is 10.5. The van der Waals surface area contributed by atoms with Crippen LogP contribution < -0.4 is 0 Å².